The standard InChI is InChI=1S/C27H44O5/c1-27(2,3)32-26(30)23-18-17-19-24(22-23)31-21-16-14-12-10-8-6-4-5-7-9-11-13-15-20-25(28)29/h17-19,22H,4-16,20-21H2,1-3H3,(H,28,29). The summed E-state index contributed by atoms with van der Waals surface area (Å²) in [5.41, 5.74) is 0.0222. The molecule has 5 nitrogen and oxygen atoms in total. The highest BCUT2D eigenvalue weighted by Gasteiger charge is 2.18. The summed E-state index contributed by atoms with van der Waals surface area (Å²) in [5.74, 6) is -0.281. The second-order valence-electron chi connectivity index (χ2n) is 9.62. The molecule has 1 rings (SSSR count). The van der Waals surface area contributed by atoms with Gasteiger partial charge in [-0.25, -0.2) is 4.79 Å². The van der Waals surface area contributed by atoms with Gasteiger partial charge in [-0.05, 0) is 51.8 Å². The number of benzene rings is 1. The van der Waals surface area contributed by atoms with Crippen LogP contribution in [-0.4, -0.2) is 29.3 Å². The zero-order chi connectivity index (χ0) is 23.7. The molecule has 0 heterocycles. The maximum absolute atomic E-state index is 12.2. The van der Waals surface area contributed by atoms with Crippen LogP contribution in [-0.2, 0) is 9.53 Å². The zero-order valence-corrected chi connectivity index (χ0v) is 20.5. The van der Waals surface area contributed by atoms with E-state index in [1.54, 1.807) is 12.1 Å². The molecule has 1 aromatic carbocycles. The number of carbonyl (C=O) groups excluding carboxylic acids is 1. The van der Waals surface area contributed by atoms with Crippen LogP contribution in [0.25, 0.3) is 0 Å². The van der Waals surface area contributed by atoms with E-state index in [0.29, 0.717) is 18.6 Å². The molecule has 0 radical (unpaired) electrons. The number of aliphatic carboxylic acids is 1. The largest absolute Gasteiger partial charge is 0.494 e. The third-order valence-electron chi connectivity index (χ3n) is 5.27. The van der Waals surface area contributed by atoms with E-state index in [1.807, 2.05) is 32.9 Å². The molecule has 182 valence electrons. The lowest BCUT2D eigenvalue weighted by Gasteiger charge is -2.19. The minimum Gasteiger partial charge on any atom is -0.494 e. The van der Waals surface area contributed by atoms with Crippen LogP contribution in [0.2, 0.25) is 0 Å². The van der Waals surface area contributed by atoms with Crippen molar-refractivity contribution in [2.45, 2.75) is 116 Å². The fourth-order valence-electron chi connectivity index (χ4n) is 3.56. The molecule has 0 aliphatic heterocycles. The first-order valence-corrected chi connectivity index (χ1v) is 12.5. The van der Waals surface area contributed by atoms with Gasteiger partial charge < -0.3 is 14.6 Å². The van der Waals surface area contributed by atoms with E-state index >= 15 is 0 Å². The van der Waals surface area contributed by atoms with Crippen LogP contribution in [0.3, 0.4) is 0 Å². The molecule has 0 unspecified atom stereocenters. The third-order valence-corrected chi connectivity index (χ3v) is 5.27. The molecular weight excluding hydrogens is 404 g/mol. The average Bonchev–Trinajstić information content (AvgIpc) is 2.72. The molecule has 0 aliphatic carbocycles. The smallest absolute Gasteiger partial charge is 0.338 e. The topological polar surface area (TPSA) is 72.8 Å². The number of esters is 1. The van der Waals surface area contributed by atoms with Crippen LogP contribution in [0.4, 0.5) is 0 Å². The van der Waals surface area contributed by atoms with Crippen molar-refractivity contribution in [2.24, 2.45) is 0 Å². The van der Waals surface area contributed by atoms with Gasteiger partial charge in [-0.3, -0.25) is 4.79 Å². The number of ether oxygens (including phenoxy) is 2. The second-order valence-corrected chi connectivity index (χ2v) is 9.62. The van der Waals surface area contributed by atoms with Gasteiger partial charge in [0.1, 0.15) is 11.4 Å². The summed E-state index contributed by atoms with van der Waals surface area (Å²) < 4.78 is 11.2. The Morgan fingerprint density at radius 3 is 1.78 bits per heavy atom. The highest BCUT2D eigenvalue weighted by atomic mass is 16.6. The zero-order valence-electron chi connectivity index (χ0n) is 20.5. The number of unbranched alkanes of at least 4 members (excludes halogenated alkanes) is 12. The molecule has 1 aromatic rings. The highest BCUT2D eigenvalue weighted by molar-refractivity contribution is 5.90. The molecular formula is C27H44O5. The molecule has 0 fully saturated rings. The lowest BCUT2D eigenvalue weighted by molar-refractivity contribution is -0.137. The monoisotopic (exact) mass is 448 g/mol. The molecule has 5 heteroatoms. The van der Waals surface area contributed by atoms with Gasteiger partial charge in [0, 0.05) is 6.42 Å². The fourth-order valence-corrected chi connectivity index (χ4v) is 3.56. The van der Waals surface area contributed by atoms with Gasteiger partial charge in [-0.2, -0.15) is 0 Å². The Kier molecular flexibility index (Phi) is 14.5. The van der Waals surface area contributed by atoms with Crippen molar-refractivity contribution in [2.75, 3.05) is 6.61 Å². The summed E-state index contributed by atoms with van der Waals surface area (Å²) >= 11 is 0. The molecule has 0 saturated carbocycles. The number of carboxylic acid groups (broad SMARTS) is 1. The van der Waals surface area contributed by atoms with Gasteiger partial charge >= 0.3 is 11.9 Å². The molecule has 0 aromatic heterocycles. The van der Waals surface area contributed by atoms with Crippen molar-refractivity contribution in [1.29, 1.82) is 0 Å². The van der Waals surface area contributed by atoms with Gasteiger partial charge in [-0.1, -0.05) is 76.7 Å². The van der Waals surface area contributed by atoms with Crippen molar-refractivity contribution in [3.63, 3.8) is 0 Å². The SMILES string of the molecule is CC(C)(C)OC(=O)c1cccc(OCCCCCCCCCCCCCCCC(=O)O)c1. The molecule has 0 atom stereocenters. The van der Waals surface area contributed by atoms with Crippen molar-refractivity contribution < 1.29 is 24.2 Å². The van der Waals surface area contributed by atoms with Gasteiger partial charge in [0.15, 0.2) is 0 Å². The predicted octanol–water partition coefficient (Wildman–Crippen LogP) is 7.57. The van der Waals surface area contributed by atoms with E-state index in [9.17, 15) is 9.59 Å². The Hall–Kier alpha value is -2.04. The molecule has 32 heavy (non-hydrogen) atoms. The Balaban J connectivity index is 1.95. The summed E-state index contributed by atoms with van der Waals surface area (Å²) in [7, 11) is 0. The Morgan fingerprint density at radius 1 is 0.781 bits per heavy atom. The van der Waals surface area contributed by atoms with Crippen LogP contribution in [0.1, 0.15) is 121 Å². The number of hydrogen-bond acceptors (Lipinski definition) is 4. The minimum absolute atomic E-state index is 0.313. The van der Waals surface area contributed by atoms with Crippen LogP contribution < -0.4 is 4.74 Å². The van der Waals surface area contributed by atoms with E-state index < -0.39 is 11.6 Å². The van der Waals surface area contributed by atoms with Gasteiger partial charge in [0.2, 0.25) is 0 Å². The normalized spacial score (nSPS) is 11.3. The number of rotatable bonds is 18. The van der Waals surface area contributed by atoms with Crippen LogP contribution in [0.15, 0.2) is 24.3 Å². The Labute approximate surface area is 194 Å². The molecule has 0 aliphatic rings. The number of carbonyl (C=O) groups is 2. The van der Waals surface area contributed by atoms with E-state index in [4.69, 9.17) is 14.6 Å². The van der Waals surface area contributed by atoms with E-state index in [0.717, 1.165) is 25.0 Å². The third kappa shape index (κ3) is 15.7. The highest BCUT2D eigenvalue weighted by Crippen LogP contribution is 2.18. The Bertz CT molecular complexity index is 648. The molecule has 0 spiro atoms. The van der Waals surface area contributed by atoms with Crippen LogP contribution >= 0.6 is 0 Å². The first-order valence-electron chi connectivity index (χ1n) is 12.5. The predicted molar refractivity (Wildman–Crippen MR) is 129 cm³/mol. The molecule has 1 N–H and O–H groups in total. The molecule has 0 bridgehead atoms. The molecule has 0 saturated heterocycles. The summed E-state index contributed by atoms with van der Waals surface area (Å²) in [6.45, 7) is 6.26. The maximum Gasteiger partial charge on any atom is 0.338 e. The van der Waals surface area contributed by atoms with E-state index in [1.165, 1.54) is 64.2 Å². The van der Waals surface area contributed by atoms with E-state index in [-0.39, 0.29) is 5.97 Å². The Morgan fingerprint density at radius 2 is 1.28 bits per heavy atom. The van der Waals surface area contributed by atoms with Crippen molar-refractivity contribution in [1.82, 2.24) is 0 Å². The lowest BCUT2D eigenvalue weighted by Crippen LogP contribution is -2.23. The van der Waals surface area contributed by atoms with Gasteiger partial charge in [0.05, 0.1) is 12.2 Å². The summed E-state index contributed by atoms with van der Waals surface area (Å²) in [6.07, 6.45) is 15.8. The maximum atomic E-state index is 12.2. The van der Waals surface area contributed by atoms with Crippen molar-refractivity contribution in [3.05, 3.63) is 29.8 Å². The van der Waals surface area contributed by atoms with E-state index in [2.05, 4.69) is 0 Å². The van der Waals surface area contributed by atoms with Crippen molar-refractivity contribution >= 4 is 11.9 Å². The number of hydrogen-bond donors (Lipinski definition) is 1. The minimum atomic E-state index is -0.678. The fraction of sp³-hybridized carbons (Fsp3) is 0.704. The van der Waals surface area contributed by atoms with Gasteiger partial charge in [0.25, 0.3) is 0 Å². The first kappa shape index (κ1) is 28.0. The second kappa shape index (κ2) is 16.6. The lowest BCUT2D eigenvalue weighted by atomic mass is 10.0. The first-order chi connectivity index (χ1) is 15.3. The van der Waals surface area contributed by atoms with Crippen LogP contribution in [0.5, 0.6) is 5.75 Å². The summed E-state index contributed by atoms with van der Waals surface area (Å²) in [6, 6.07) is 7.21. The summed E-state index contributed by atoms with van der Waals surface area (Å²) in [4.78, 5) is 22.6. The molecule has 0 amide bonds. The number of carboxylic acids is 1. The van der Waals surface area contributed by atoms with Gasteiger partial charge in [-0.15, -0.1) is 0 Å². The van der Waals surface area contributed by atoms with Crippen LogP contribution in [0, 0.1) is 0 Å². The average molecular weight is 449 g/mol. The summed E-state index contributed by atoms with van der Waals surface area (Å²) in [5, 5.41) is 8.60. The quantitative estimate of drug-likeness (QED) is 0.185. The van der Waals surface area contributed by atoms with Crippen molar-refractivity contribution in [3.8, 4) is 5.75 Å².